The highest BCUT2D eigenvalue weighted by atomic mass is 35.5. The lowest BCUT2D eigenvalue weighted by molar-refractivity contribution is 0.254. The number of aromatic amines is 1. The van der Waals surface area contributed by atoms with Crippen LogP contribution in [0.3, 0.4) is 0 Å². The molecule has 1 N–H and O–H groups in total. The smallest absolute Gasteiger partial charge is 0.290 e. The maximum atomic E-state index is 12.5. The van der Waals surface area contributed by atoms with E-state index in [9.17, 15) is 4.79 Å². The Hall–Kier alpha value is -2.50. The van der Waals surface area contributed by atoms with Gasteiger partial charge in [-0.2, -0.15) is 0 Å². The predicted octanol–water partition coefficient (Wildman–Crippen LogP) is 4.19. The number of hydrogen-bond acceptors (Lipinski definition) is 3. The van der Waals surface area contributed by atoms with Crippen LogP contribution in [-0.4, -0.2) is 47.4 Å². The molecule has 2 aromatic carbocycles. The number of halogens is 1. The Labute approximate surface area is 182 Å². The quantitative estimate of drug-likeness (QED) is 0.645. The molecule has 5 nitrogen and oxygen atoms in total. The summed E-state index contributed by atoms with van der Waals surface area (Å²) in [6.45, 7) is 9.61. The Balaban J connectivity index is 1.31. The van der Waals surface area contributed by atoms with E-state index >= 15 is 0 Å². The van der Waals surface area contributed by atoms with E-state index in [0.717, 1.165) is 56.9 Å². The summed E-state index contributed by atoms with van der Waals surface area (Å²) in [5.74, 6) is 0. The average Bonchev–Trinajstić information content (AvgIpc) is 3.05. The van der Waals surface area contributed by atoms with Crippen molar-refractivity contribution >= 4 is 17.3 Å². The third-order valence-corrected chi connectivity index (χ3v) is 6.50. The number of para-hydroxylation sites is 1. The van der Waals surface area contributed by atoms with Gasteiger partial charge in [-0.3, -0.25) is 14.8 Å². The van der Waals surface area contributed by atoms with Gasteiger partial charge >= 0.3 is 0 Å². The zero-order chi connectivity index (χ0) is 21.1. The van der Waals surface area contributed by atoms with Crippen molar-refractivity contribution in [3.63, 3.8) is 0 Å². The van der Waals surface area contributed by atoms with Gasteiger partial charge in [0.15, 0.2) is 0 Å². The molecule has 0 radical (unpaired) electrons. The minimum Gasteiger partial charge on any atom is -0.369 e. The van der Waals surface area contributed by atoms with Crippen LogP contribution in [0, 0.1) is 13.8 Å². The number of hydrogen-bond donors (Lipinski definition) is 1. The predicted molar refractivity (Wildman–Crippen MR) is 124 cm³/mol. The highest BCUT2D eigenvalue weighted by molar-refractivity contribution is 6.31. The van der Waals surface area contributed by atoms with Gasteiger partial charge in [-0.15, -0.1) is 0 Å². The molecule has 2 heterocycles. The van der Waals surface area contributed by atoms with Crippen LogP contribution in [0.2, 0.25) is 5.02 Å². The van der Waals surface area contributed by atoms with Gasteiger partial charge in [0.2, 0.25) is 0 Å². The van der Waals surface area contributed by atoms with Crippen molar-refractivity contribution in [2.75, 3.05) is 37.6 Å². The number of nitrogens with zero attached hydrogens (tertiary/aromatic N) is 3. The van der Waals surface area contributed by atoms with Gasteiger partial charge in [-0.1, -0.05) is 41.9 Å². The molecule has 3 aromatic rings. The van der Waals surface area contributed by atoms with Crippen LogP contribution in [-0.2, 0) is 6.42 Å². The lowest BCUT2D eigenvalue weighted by Gasteiger charge is -2.37. The van der Waals surface area contributed by atoms with Crippen LogP contribution >= 0.6 is 11.6 Å². The van der Waals surface area contributed by atoms with E-state index in [1.54, 1.807) is 0 Å². The molecule has 0 spiro atoms. The summed E-state index contributed by atoms with van der Waals surface area (Å²) in [6.07, 6.45) is 1.74. The van der Waals surface area contributed by atoms with Crippen molar-refractivity contribution in [1.29, 1.82) is 0 Å². The molecule has 0 amide bonds. The van der Waals surface area contributed by atoms with E-state index in [1.165, 1.54) is 21.5 Å². The SMILES string of the molecule is Cc1cccc(N2CCN(CCCc3[nH]n(-c4ccccc4)c(=O)c3Cl)CC2)c1C. The van der Waals surface area contributed by atoms with Crippen LogP contribution in [0.1, 0.15) is 23.2 Å². The third kappa shape index (κ3) is 4.32. The van der Waals surface area contributed by atoms with E-state index in [1.807, 2.05) is 30.3 Å². The number of anilines is 1. The fourth-order valence-electron chi connectivity index (χ4n) is 4.16. The lowest BCUT2D eigenvalue weighted by atomic mass is 10.1. The molecule has 1 aliphatic heterocycles. The minimum atomic E-state index is -0.181. The summed E-state index contributed by atoms with van der Waals surface area (Å²) in [7, 11) is 0. The zero-order valence-electron chi connectivity index (χ0n) is 17.7. The van der Waals surface area contributed by atoms with Crippen LogP contribution in [0.15, 0.2) is 53.3 Å². The first-order valence-electron chi connectivity index (χ1n) is 10.6. The summed E-state index contributed by atoms with van der Waals surface area (Å²) in [5.41, 5.74) is 5.54. The Kier molecular flexibility index (Phi) is 6.30. The second-order valence-corrected chi connectivity index (χ2v) is 8.41. The Morgan fingerprint density at radius 2 is 1.70 bits per heavy atom. The van der Waals surface area contributed by atoms with Gasteiger partial charge in [0.1, 0.15) is 5.02 Å². The van der Waals surface area contributed by atoms with Crippen molar-refractivity contribution in [3.05, 3.63) is 80.7 Å². The van der Waals surface area contributed by atoms with Crippen molar-refractivity contribution in [2.45, 2.75) is 26.7 Å². The van der Waals surface area contributed by atoms with Crippen LogP contribution < -0.4 is 10.5 Å². The first-order valence-corrected chi connectivity index (χ1v) is 11.0. The highest BCUT2D eigenvalue weighted by Gasteiger charge is 2.19. The molecule has 1 aliphatic rings. The standard InChI is InChI=1S/C24H29ClN4O/c1-18-8-6-12-22(19(18)2)28-16-14-27(15-17-28)13-7-11-21-23(25)24(30)29(26-21)20-9-4-3-5-10-20/h3-6,8-10,12,26H,7,11,13-17H2,1-2H3. The van der Waals surface area contributed by atoms with Crippen molar-refractivity contribution in [1.82, 2.24) is 14.7 Å². The van der Waals surface area contributed by atoms with Gasteiger partial charge in [-0.25, -0.2) is 4.68 Å². The molecule has 6 heteroatoms. The number of rotatable bonds is 6. The van der Waals surface area contributed by atoms with E-state index in [2.05, 4.69) is 46.9 Å². The molecule has 158 valence electrons. The van der Waals surface area contributed by atoms with E-state index in [0.29, 0.717) is 5.02 Å². The van der Waals surface area contributed by atoms with Crippen LogP contribution in [0.4, 0.5) is 5.69 Å². The summed E-state index contributed by atoms with van der Waals surface area (Å²) >= 11 is 6.31. The van der Waals surface area contributed by atoms with E-state index in [-0.39, 0.29) is 5.56 Å². The Bertz CT molecular complexity index is 1050. The first-order chi connectivity index (χ1) is 14.5. The summed E-state index contributed by atoms with van der Waals surface area (Å²) in [6, 6.07) is 16.1. The summed E-state index contributed by atoms with van der Waals surface area (Å²) in [4.78, 5) is 17.5. The van der Waals surface area contributed by atoms with Crippen molar-refractivity contribution < 1.29 is 0 Å². The molecular weight excluding hydrogens is 396 g/mol. The Morgan fingerprint density at radius 3 is 2.43 bits per heavy atom. The summed E-state index contributed by atoms with van der Waals surface area (Å²) in [5, 5.41) is 3.49. The number of nitrogens with one attached hydrogen (secondary N) is 1. The topological polar surface area (TPSA) is 44.3 Å². The normalized spacial score (nSPS) is 15.0. The molecule has 1 aromatic heterocycles. The molecule has 0 aliphatic carbocycles. The fraction of sp³-hybridized carbons (Fsp3) is 0.375. The monoisotopic (exact) mass is 424 g/mol. The highest BCUT2D eigenvalue weighted by Crippen LogP contribution is 2.24. The van der Waals surface area contributed by atoms with Crippen molar-refractivity contribution in [3.8, 4) is 5.69 Å². The molecule has 1 fully saturated rings. The first kappa shape index (κ1) is 20.8. The fourth-order valence-corrected chi connectivity index (χ4v) is 4.38. The molecule has 0 atom stereocenters. The van der Waals surface area contributed by atoms with Gasteiger partial charge in [0.25, 0.3) is 5.56 Å². The van der Waals surface area contributed by atoms with Gasteiger partial charge in [0.05, 0.1) is 11.4 Å². The molecule has 1 saturated heterocycles. The van der Waals surface area contributed by atoms with E-state index < -0.39 is 0 Å². The van der Waals surface area contributed by atoms with Gasteiger partial charge < -0.3 is 4.90 Å². The molecular formula is C24H29ClN4O. The zero-order valence-corrected chi connectivity index (χ0v) is 18.5. The van der Waals surface area contributed by atoms with Gasteiger partial charge in [0, 0.05) is 31.9 Å². The van der Waals surface area contributed by atoms with Crippen molar-refractivity contribution in [2.24, 2.45) is 0 Å². The molecule has 0 unspecified atom stereocenters. The molecule has 0 bridgehead atoms. The largest absolute Gasteiger partial charge is 0.369 e. The van der Waals surface area contributed by atoms with E-state index in [4.69, 9.17) is 11.6 Å². The number of benzene rings is 2. The van der Waals surface area contributed by atoms with Crippen LogP contribution in [0.5, 0.6) is 0 Å². The average molecular weight is 425 g/mol. The Morgan fingerprint density at radius 1 is 0.967 bits per heavy atom. The summed E-state index contributed by atoms with van der Waals surface area (Å²) < 4.78 is 1.53. The van der Waals surface area contributed by atoms with Crippen LogP contribution in [0.25, 0.3) is 5.69 Å². The third-order valence-electron chi connectivity index (χ3n) is 6.11. The number of aryl methyl sites for hydroxylation is 2. The van der Waals surface area contributed by atoms with Gasteiger partial charge in [-0.05, 0) is 62.6 Å². The molecule has 4 rings (SSSR count). The minimum absolute atomic E-state index is 0.181. The number of H-pyrrole nitrogens is 1. The maximum Gasteiger partial charge on any atom is 0.290 e. The number of aromatic nitrogens is 2. The molecule has 30 heavy (non-hydrogen) atoms. The second kappa shape index (κ2) is 9.11. The number of piperazine rings is 1. The maximum absolute atomic E-state index is 12.5. The second-order valence-electron chi connectivity index (χ2n) is 8.03. The lowest BCUT2D eigenvalue weighted by Crippen LogP contribution is -2.47. The molecule has 0 saturated carbocycles.